The number of H-pyrrole nitrogens is 2. The molecule has 17 heavy (non-hydrogen) atoms. The first-order valence-electron chi connectivity index (χ1n) is 4.88. The van der Waals surface area contributed by atoms with Crippen molar-refractivity contribution in [3.8, 4) is 0 Å². The topological polar surface area (TPSA) is 60.7 Å². The van der Waals surface area contributed by atoms with E-state index in [1.807, 2.05) is 0 Å². The monoisotopic (exact) mass is 245 g/mol. The molecular weight excluding hydrogens is 235 g/mol. The number of aromatic amines is 2. The highest BCUT2D eigenvalue weighted by atomic mass is 19.4. The van der Waals surface area contributed by atoms with Gasteiger partial charge >= 0.3 is 11.9 Å². The summed E-state index contributed by atoms with van der Waals surface area (Å²) in [5.74, 6) is 0. The van der Waals surface area contributed by atoms with Crippen LogP contribution in [0.4, 0.5) is 13.2 Å². The maximum Gasteiger partial charge on any atom is 0.407 e. The van der Waals surface area contributed by atoms with Crippen molar-refractivity contribution in [3.63, 3.8) is 0 Å². The molecule has 0 spiro atoms. The Labute approximate surface area is 93.8 Å². The molecule has 0 saturated heterocycles. The van der Waals surface area contributed by atoms with Crippen molar-refractivity contribution in [2.45, 2.75) is 12.2 Å². The van der Waals surface area contributed by atoms with E-state index >= 15 is 0 Å². The number of aromatic nitrogens is 2. The fourth-order valence-corrected chi connectivity index (χ4v) is 1.75. The molecule has 2 rings (SSSR count). The molecular formula is C10H10F3N3O. The lowest BCUT2D eigenvalue weighted by molar-refractivity contribution is -0.156. The number of benzene rings is 1. The van der Waals surface area contributed by atoms with Gasteiger partial charge in [-0.05, 0) is 24.7 Å². The third kappa shape index (κ3) is 2.19. The van der Waals surface area contributed by atoms with Gasteiger partial charge in [-0.3, -0.25) is 0 Å². The number of imidazole rings is 1. The molecule has 1 unspecified atom stereocenters. The Morgan fingerprint density at radius 1 is 1.24 bits per heavy atom. The van der Waals surface area contributed by atoms with Crippen LogP contribution in [0.1, 0.15) is 11.6 Å². The SMILES string of the molecule is CNC(c1ccc2[nH]c(=O)[nH]c2c1)C(F)(F)F. The van der Waals surface area contributed by atoms with Crippen LogP contribution >= 0.6 is 0 Å². The highest BCUT2D eigenvalue weighted by Crippen LogP contribution is 2.32. The number of nitrogens with one attached hydrogen (secondary N) is 3. The Hall–Kier alpha value is -1.76. The molecule has 2 aromatic rings. The van der Waals surface area contributed by atoms with Crippen LogP contribution in [-0.4, -0.2) is 23.2 Å². The van der Waals surface area contributed by atoms with Gasteiger partial charge in [0.05, 0.1) is 11.0 Å². The van der Waals surface area contributed by atoms with Crippen molar-refractivity contribution in [3.05, 3.63) is 34.2 Å². The van der Waals surface area contributed by atoms with Crippen molar-refractivity contribution >= 4 is 11.0 Å². The highest BCUT2D eigenvalue weighted by Gasteiger charge is 2.39. The van der Waals surface area contributed by atoms with Crippen molar-refractivity contribution in [1.29, 1.82) is 0 Å². The summed E-state index contributed by atoms with van der Waals surface area (Å²) in [6, 6.07) is 2.34. The van der Waals surface area contributed by atoms with Gasteiger partial charge < -0.3 is 15.3 Å². The van der Waals surface area contributed by atoms with Crippen LogP contribution in [0.5, 0.6) is 0 Å². The number of hydrogen-bond donors (Lipinski definition) is 3. The Kier molecular flexibility index (Phi) is 2.70. The van der Waals surface area contributed by atoms with Gasteiger partial charge in [0, 0.05) is 0 Å². The van der Waals surface area contributed by atoms with Crippen LogP contribution in [0.25, 0.3) is 11.0 Å². The van der Waals surface area contributed by atoms with Crippen molar-refractivity contribution in [2.75, 3.05) is 7.05 Å². The highest BCUT2D eigenvalue weighted by molar-refractivity contribution is 5.75. The number of alkyl halides is 3. The summed E-state index contributed by atoms with van der Waals surface area (Å²) in [7, 11) is 1.24. The fraction of sp³-hybridized carbons (Fsp3) is 0.300. The lowest BCUT2D eigenvalue weighted by Gasteiger charge is -2.19. The first-order chi connectivity index (χ1) is 7.91. The van der Waals surface area contributed by atoms with E-state index in [-0.39, 0.29) is 5.56 Å². The van der Waals surface area contributed by atoms with E-state index in [1.165, 1.54) is 25.2 Å². The summed E-state index contributed by atoms with van der Waals surface area (Å²) in [5, 5.41) is 2.20. The summed E-state index contributed by atoms with van der Waals surface area (Å²) >= 11 is 0. The molecule has 3 N–H and O–H groups in total. The summed E-state index contributed by atoms with van der Waals surface area (Å²) < 4.78 is 38.0. The van der Waals surface area contributed by atoms with Gasteiger partial charge in [-0.2, -0.15) is 13.2 Å². The van der Waals surface area contributed by atoms with Gasteiger partial charge in [-0.25, -0.2) is 4.79 Å². The van der Waals surface area contributed by atoms with E-state index in [0.717, 1.165) is 0 Å². The van der Waals surface area contributed by atoms with Gasteiger partial charge in [0.15, 0.2) is 0 Å². The predicted molar refractivity (Wildman–Crippen MR) is 56.8 cm³/mol. The molecule has 0 aliphatic heterocycles. The van der Waals surface area contributed by atoms with E-state index in [1.54, 1.807) is 0 Å². The predicted octanol–water partition coefficient (Wildman–Crippen LogP) is 1.68. The molecule has 0 amide bonds. The summed E-state index contributed by atoms with van der Waals surface area (Å²) in [6.45, 7) is 0. The van der Waals surface area contributed by atoms with Crippen LogP contribution in [0.15, 0.2) is 23.0 Å². The van der Waals surface area contributed by atoms with Gasteiger partial charge in [-0.15, -0.1) is 0 Å². The summed E-state index contributed by atoms with van der Waals surface area (Å²) in [4.78, 5) is 15.9. The number of rotatable bonds is 2. The molecule has 0 fully saturated rings. The van der Waals surface area contributed by atoms with E-state index < -0.39 is 17.9 Å². The van der Waals surface area contributed by atoms with Crippen LogP contribution in [0.2, 0.25) is 0 Å². The first-order valence-corrected chi connectivity index (χ1v) is 4.88. The van der Waals surface area contributed by atoms with Gasteiger partial charge in [-0.1, -0.05) is 6.07 Å². The van der Waals surface area contributed by atoms with Crippen molar-refractivity contribution < 1.29 is 13.2 Å². The second-order valence-electron chi connectivity index (χ2n) is 3.65. The lowest BCUT2D eigenvalue weighted by Crippen LogP contribution is -2.31. The third-order valence-electron chi connectivity index (χ3n) is 2.49. The maximum atomic E-state index is 12.7. The van der Waals surface area contributed by atoms with E-state index in [4.69, 9.17) is 0 Å². The number of halogens is 3. The Morgan fingerprint density at radius 2 is 1.88 bits per heavy atom. The average Bonchev–Trinajstić information content (AvgIpc) is 2.56. The van der Waals surface area contributed by atoms with Gasteiger partial charge in [0.25, 0.3) is 0 Å². The molecule has 0 bridgehead atoms. The van der Waals surface area contributed by atoms with Gasteiger partial charge in [0.2, 0.25) is 0 Å². The zero-order valence-electron chi connectivity index (χ0n) is 8.85. The van der Waals surface area contributed by atoms with Crippen LogP contribution in [0.3, 0.4) is 0 Å². The van der Waals surface area contributed by atoms with E-state index in [0.29, 0.717) is 11.0 Å². The molecule has 0 aliphatic carbocycles. The molecule has 1 atom stereocenters. The number of hydrogen-bond acceptors (Lipinski definition) is 2. The zero-order chi connectivity index (χ0) is 12.6. The van der Waals surface area contributed by atoms with Crippen molar-refractivity contribution in [2.24, 2.45) is 0 Å². The molecule has 1 heterocycles. The minimum Gasteiger partial charge on any atom is -0.306 e. The largest absolute Gasteiger partial charge is 0.407 e. The first kappa shape index (κ1) is 11.7. The van der Waals surface area contributed by atoms with Crippen LogP contribution in [0, 0.1) is 0 Å². The quantitative estimate of drug-likeness (QED) is 0.753. The third-order valence-corrected chi connectivity index (χ3v) is 2.49. The summed E-state index contributed by atoms with van der Waals surface area (Å²) in [6.07, 6.45) is -4.38. The summed E-state index contributed by atoms with van der Waals surface area (Å²) in [5.41, 5.74) is 0.459. The molecule has 0 radical (unpaired) electrons. The number of fused-ring (bicyclic) bond motifs is 1. The fourth-order valence-electron chi connectivity index (χ4n) is 1.75. The van der Waals surface area contributed by atoms with Gasteiger partial charge in [0.1, 0.15) is 6.04 Å². The molecule has 1 aromatic carbocycles. The molecule has 92 valence electrons. The van der Waals surface area contributed by atoms with Crippen LogP contribution in [-0.2, 0) is 0 Å². The van der Waals surface area contributed by atoms with Crippen molar-refractivity contribution in [1.82, 2.24) is 15.3 Å². The molecule has 7 heteroatoms. The zero-order valence-corrected chi connectivity index (χ0v) is 8.85. The molecule has 1 aromatic heterocycles. The molecule has 0 saturated carbocycles. The maximum absolute atomic E-state index is 12.7. The lowest BCUT2D eigenvalue weighted by atomic mass is 10.1. The molecule has 4 nitrogen and oxygen atoms in total. The Bertz CT molecular complexity index is 584. The van der Waals surface area contributed by atoms with Crippen LogP contribution < -0.4 is 11.0 Å². The average molecular weight is 245 g/mol. The second-order valence-corrected chi connectivity index (χ2v) is 3.65. The minimum atomic E-state index is -4.38. The van der Waals surface area contributed by atoms with E-state index in [2.05, 4.69) is 15.3 Å². The Morgan fingerprint density at radius 3 is 2.47 bits per heavy atom. The normalized spacial score (nSPS) is 14.1. The second kappa shape index (κ2) is 3.92. The minimum absolute atomic E-state index is 0.0581. The van der Waals surface area contributed by atoms with E-state index in [9.17, 15) is 18.0 Å². The Balaban J connectivity index is 2.51. The molecule has 0 aliphatic rings. The standard InChI is InChI=1S/C10H10F3N3O/c1-14-8(10(11,12)13)5-2-3-6-7(4-5)16-9(17)15-6/h2-4,8,14H,1H3,(H2,15,16,17). The smallest absolute Gasteiger partial charge is 0.306 e.